The third-order valence-corrected chi connectivity index (χ3v) is 11.2. The van der Waals surface area contributed by atoms with Crippen molar-refractivity contribution in [3.63, 3.8) is 0 Å². The molecule has 58 heavy (non-hydrogen) atoms. The molecule has 2 aromatic heterocycles. The quantitative estimate of drug-likeness (QED) is 0.161. The predicted octanol–water partition coefficient (Wildman–Crippen LogP) is 6.42. The third-order valence-electron chi connectivity index (χ3n) is 11.2. The Morgan fingerprint density at radius 2 is 1.69 bits per heavy atom. The van der Waals surface area contributed by atoms with E-state index in [0.29, 0.717) is 36.4 Å². The van der Waals surface area contributed by atoms with Gasteiger partial charge in [0, 0.05) is 51.0 Å². The minimum atomic E-state index is -1.25. The minimum Gasteiger partial charge on any atom is -0.490 e. The van der Waals surface area contributed by atoms with Crippen molar-refractivity contribution >= 4 is 17.8 Å². The number of hydrogen-bond donors (Lipinski definition) is 2. The van der Waals surface area contributed by atoms with Gasteiger partial charge in [0.25, 0.3) is 5.91 Å². The number of carbonyl (C=O) groups is 3. The minimum absolute atomic E-state index is 0.0418. The van der Waals surface area contributed by atoms with Crippen LogP contribution in [0.5, 0.6) is 17.2 Å². The van der Waals surface area contributed by atoms with Gasteiger partial charge < -0.3 is 38.7 Å². The Kier molecular flexibility index (Phi) is 10.9. The highest BCUT2D eigenvalue weighted by Crippen LogP contribution is 2.41. The second kappa shape index (κ2) is 16.3. The predicted molar refractivity (Wildman–Crippen MR) is 212 cm³/mol. The number of fused-ring (bicyclic) bond motifs is 2. The second-order valence-corrected chi connectivity index (χ2v) is 15.1. The second-order valence-electron chi connectivity index (χ2n) is 15.1. The van der Waals surface area contributed by atoms with E-state index >= 15 is 0 Å². The van der Waals surface area contributed by atoms with Crippen LogP contribution >= 0.6 is 0 Å². The molecule has 2 amide bonds. The van der Waals surface area contributed by atoms with Crippen LogP contribution in [-0.4, -0.2) is 75.8 Å². The number of hydrogen-bond acceptors (Lipinski definition) is 10. The van der Waals surface area contributed by atoms with Gasteiger partial charge in [-0.1, -0.05) is 36.4 Å². The van der Waals surface area contributed by atoms with Crippen LogP contribution in [-0.2, 0) is 33.7 Å². The molecule has 1 saturated heterocycles. The summed E-state index contributed by atoms with van der Waals surface area (Å²) in [5, 5.41) is 13.0. The number of carboxylic acid groups (broad SMARTS) is 1. The first-order valence-corrected chi connectivity index (χ1v) is 19.6. The lowest BCUT2D eigenvalue weighted by Crippen LogP contribution is -2.56. The number of pyridine rings is 1. The zero-order chi connectivity index (χ0) is 40.5. The highest BCUT2D eigenvalue weighted by molar-refractivity contribution is 5.98. The summed E-state index contributed by atoms with van der Waals surface area (Å²) < 4.78 is 29.9. The Balaban J connectivity index is 1.01. The number of rotatable bonds is 10. The first kappa shape index (κ1) is 38.7. The Labute approximate surface area is 336 Å². The molecule has 300 valence electrons. The van der Waals surface area contributed by atoms with E-state index in [0.717, 1.165) is 63.2 Å². The Morgan fingerprint density at radius 1 is 0.948 bits per heavy atom. The van der Waals surface area contributed by atoms with E-state index in [9.17, 15) is 19.5 Å². The number of carbonyl (C=O) groups excluding carboxylic acids is 2. The van der Waals surface area contributed by atoms with Gasteiger partial charge >= 0.3 is 5.97 Å². The molecule has 5 heterocycles. The van der Waals surface area contributed by atoms with Gasteiger partial charge in [-0.2, -0.15) is 0 Å². The van der Waals surface area contributed by atoms with Crippen LogP contribution < -0.4 is 19.5 Å². The summed E-state index contributed by atoms with van der Waals surface area (Å²) in [5.41, 5.74) is 7.34. The van der Waals surface area contributed by atoms with E-state index in [1.54, 1.807) is 20.0 Å². The molecular weight excluding hydrogens is 741 g/mol. The number of nitrogens with zero attached hydrogens (tertiary/aromatic N) is 3. The van der Waals surface area contributed by atoms with Gasteiger partial charge in [-0.25, -0.2) is 9.78 Å². The first-order valence-electron chi connectivity index (χ1n) is 19.6. The number of carboxylic acids is 1. The van der Waals surface area contributed by atoms with Gasteiger partial charge in [0.05, 0.1) is 13.2 Å². The summed E-state index contributed by atoms with van der Waals surface area (Å²) in [4.78, 5) is 51.1. The van der Waals surface area contributed by atoms with E-state index in [2.05, 4.69) is 15.3 Å². The van der Waals surface area contributed by atoms with Crippen molar-refractivity contribution in [3.8, 4) is 28.4 Å². The fourth-order valence-electron chi connectivity index (χ4n) is 7.85. The van der Waals surface area contributed by atoms with E-state index in [4.69, 9.17) is 23.4 Å². The number of aliphatic carboxylic acids is 1. The zero-order valence-corrected chi connectivity index (χ0v) is 32.9. The van der Waals surface area contributed by atoms with Crippen LogP contribution in [0.3, 0.4) is 0 Å². The van der Waals surface area contributed by atoms with Crippen molar-refractivity contribution < 1.29 is 42.9 Å². The molecule has 0 spiro atoms. The smallest absolute Gasteiger partial charge is 0.326 e. The van der Waals surface area contributed by atoms with Crippen LogP contribution in [0, 0.1) is 27.7 Å². The van der Waals surface area contributed by atoms with Gasteiger partial charge in [0.2, 0.25) is 5.91 Å². The number of amides is 2. The third kappa shape index (κ3) is 8.12. The first-order chi connectivity index (χ1) is 28.0. The Morgan fingerprint density at radius 3 is 2.40 bits per heavy atom. The molecular formula is C45H46N4O9. The average molecular weight is 787 g/mol. The van der Waals surface area contributed by atoms with Gasteiger partial charge in [-0.05, 0) is 90.0 Å². The molecule has 3 aromatic carbocycles. The molecule has 3 aliphatic rings. The fraction of sp³-hybridized carbons (Fsp3) is 0.356. The zero-order valence-electron chi connectivity index (χ0n) is 32.9. The molecule has 0 aliphatic carbocycles. The summed E-state index contributed by atoms with van der Waals surface area (Å²) in [6.07, 6.45) is 3.40. The maximum absolute atomic E-state index is 14.2. The van der Waals surface area contributed by atoms with Gasteiger partial charge in [-0.15, -0.1) is 0 Å². The lowest BCUT2D eigenvalue weighted by molar-refractivity contribution is -0.142. The largest absolute Gasteiger partial charge is 0.490 e. The number of ether oxygens (including phenoxy) is 4. The lowest BCUT2D eigenvalue weighted by atomic mass is 9.91. The van der Waals surface area contributed by atoms with Gasteiger partial charge in [0.1, 0.15) is 36.3 Å². The SMILES string of the molecule is Cc1nc(C(=O)N2Cc3cc4c(cc3CC2C(=O)N[C@@H](Cc2ccc(-c3ccnc(C)c3C)cc2)C(=O)O)OC[C@H](c2ccc(OC3CCOCC3)cc2)O4)c(C)o1. The monoisotopic (exact) mass is 786 g/mol. The highest BCUT2D eigenvalue weighted by atomic mass is 16.6. The number of aryl methyl sites for hydroxylation is 3. The van der Waals surface area contributed by atoms with E-state index < -0.39 is 29.9 Å². The Hall–Kier alpha value is -6.21. The van der Waals surface area contributed by atoms with Crippen molar-refractivity contribution in [2.45, 2.75) is 84.2 Å². The molecule has 2 N–H and O–H groups in total. The van der Waals surface area contributed by atoms with Gasteiger partial charge in [-0.3, -0.25) is 14.6 Å². The fourth-order valence-corrected chi connectivity index (χ4v) is 7.85. The van der Waals surface area contributed by atoms with E-state index in [1.165, 1.54) is 4.90 Å². The number of nitrogens with one attached hydrogen (secondary N) is 1. The standard InChI is InChI=1S/C45H46N4O9/c1-25-26(2)46-16-13-36(25)30-7-5-29(6-8-30)19-37(45(52)53)48-43(50)38-20-32-21-39-40(22-33(32)23-49(38)44(51)42-27(3)56-28(4)47-42)58-41(24-55-39)31-9-11-34(12-10-31)57-35-14-17-54-18-15-35/h5-13,16,21-22,35,37-38,41H,14-15,17-20,23-24H2,1-4H3,(H,48,50)(H,52,53)/t37-,38?,41+/m0/s1. The molecule has 13 nitrogen and oxygen atoms in total. The van der Waals surface area contributed by atoms with Crippen LogP contribution in [0.25, 0.3) is 11.1 Å². The van der Waals surface area contributed by atoms with Crippen LogP contribution in [0.4, 0.5) is 0 Å². The molecule has 0 bridgehead atoms. The number of benzene rings is 3. The van der Waals surface area contributed by atoms with Crippen molar-refractivity contribution in [1.82, 2.24) is 20.2 Å². The Bertz CT molecular complexity index is 2330. The van der Waals surface area contributed by atoms with Crippen LogP contribution in [0.1, 0.15) is 74.6 Å². The average Bonchev–Trinajstić information content (AvgIpc) is 3.57. The molecule has 3 atom stereocenters. The molecule has 3 aliphatic heterocycles. The molecule has 13 heteroatoms. The number of oxazole rings is 1. The molecule has 1 unspecified atom stereocenters. The van der Waals surface area contributed by atoms with Crippen molar-refractivity contribution in [2.24, 2.45) is 0 Å². The molecule has 5 aromatic rings. The van der Waals surface area contributed by atoms with E-state index in [1.807, 2.05) is 80.6 Å². The maximum Gasteiger partial charge on any atom is 0.326 e. The molecule has 8 rings (SSSR count). The van der Waals surface area contributed by atoms with Crippen LogP contribution in [0.15, 0.2) is 77.3 Å². The summed E-state index contributed by atoms with van der Waals surface area (Å²) in [7, 11) is 0. The molecule has 0 radical (unpaired) electrons. The summed E-state index contributed by atoms with van der Waals surface area (Å²) in [6.45, 7) is 8.99. The summed E-state index contributed by atoms with van der Waals surface area (Å²) in [6, 6.07) is 18.8. The molecule has 0 saturated carbocycles. The molecule has 1 fully saturated rings. The highest BCUT2D eigenvalue weighted by Gasteiger charge is 2.39. The summed E-state index contributed by atoms with van der Waals surface area (Å²) >= 11 is 0. The lowest BCUT2D eigenvalue weighted by Gasteiger charge is -2.37. The van der Waals surface area contributed by atoms with Crippen molar-refractivity contribution in [3.05, 3.63) is 124 Å². The van der Waals surface area contributed by atoms with E-state index in [-0.39, 0.29) is 43.9 Å². The summed E-state index contributed by atoms with van der Waals surface area (Å²) in [5.74, 6) is 0.199. The van der Waals surface area contributed by atoms with Crippen molar-refractivity contribution in [1.29, 1.82) is 0 Å². The van der Waals surface area contributed by atoms with Gasteiger partial charge in [0.15, 0.2) is 29.2 Å². The van der Waals surface area contributed by atoms with Crippen molar-refractivity contribution in [2.75, 3.05) is 19.8 Å². The van der Waals surface area contributed by atoms with Crippen LogP contribution in [0.2, 0.25) is 0 Å². The maximum atomic E-state index is 14.2. The normalized spacial score (nSPS) is 18.2. The topological polar surface area (TPSA) is 163 Å². The number of aromatic nitrogens is 2.